The van der Waals surface area contributed by atoms with Crippen molar-refractivity contribution in [3.05, 3.63) is 64.9 Å². The van der Waals surface area contributed by atoms with Gasteiger partial charge >= 0.3 is 0 Å². The number of halogens is 2. The second-order valence-electron chi connectivity index (χ2n) is 7.68. The maximum Gasteiger partial charge on any atom is 0.228 e. The fourth-order valence-electron chi connectivity index (χ4n) is 2.96. The highest BCUT2D eigenvalue weighted by Crippen LogP contribution is 2.29. The fourth-order valence-corrected chi connectivity index (χ4v) is 3.95. The van der Waals surface area contributed by atoms with Gasteiger partial charge in [0.15, 0.2) is 5.65 Å². The zero-order valence-electron chi connectivity index (χ0n) is 21.2. The number of nitrogens with zero attached hydrogens (tertiary/aromatic N) is 4. The van der Waals surface area contributed by atoms with Gasteiger partial charge in [-0.05, 0) is 56.2 Å². The Morgan fingerprint density at radius 3 is 2.73 bits per heavy atom. The van der Waals surface area contributed by atoms with Crippen molar-refractivity contribution < 1.29 is 13.9 Å². The number of hydrogen-bond acceptors (Lipinski definition) is 10. The van der Waals surface area contributed by atoms with Crippen LogP contribution in [0.3, 0.4) is 0 Å². The molecule has 37 heavy (non-hydrogen) atoms. The number of aromatic nitrogens is 4. The lowest BCUT2D eigenvalue weighted by atomic mass is 10.1. The van der Waals surface area contributed by atoms with Crippen molar-refractivity contribution >= 4 is 52.4 Å². The summed E-state index contributed by atoms with van der Waals surface area (Å²) in [6, 6.07) is 3.63. The maximum absolute atomic E-state index is 14.2. The van der Waals surface area contributed by atoms with Crippen molar-refractivity contribution in [2.75, 3.05) is 38.4 Å². The van der Waals surface area contributed by atoms with Crippen LogP contribution in [0.5, 0.6) is 5.88 Å². The monoisotopic (exact) mass is 545 g/mol. The molecule has 0 saturated carbocycles. The highest BCUT2D eigenvalue weighted by molar-refractivity contribution is 7.97. The summed E-state index contributed by atoms with van der Waals surface area (Å²) in [5.74, 6) is 1.07. The number of nitrogens with one attached hydrogen (secondary N) is 3. The van der Waals surface area contributed by atoms with Crippen LogP contribution in [0.1, 0.15) is 19.4 Å². The highest BCUT2D eigenvalue weighted by atomic mass is 35.5. The molecule has 0 radical (unpaired) electrons. The Morgan fingerprint density at radius 1 is 1.22 bits per heavy atom. The van der Waals surface area contributed by atoms with Crippen LogP contribution in [-0.4, -0.2) is 53.9 Å². The van der Waals surface area contributed by atoms with E-state index in [2.05, 4.69) is 30.3 Å². The third-order valence-corrected chi connectivity index (χ3v) is 6.11. The number of hydrogen-bond donors (Lipinski definition) is 3. The minimum atomic E-state index is -0.402. The van der Waals surface area contributed by atoms with Gasteiger partial charge in [-0.25, -0.2) is 19.3 Å². The second kappa shape index (κ2) is 13.8. The smallest absolute Gasteiger partial charge is 0.228 e. The van der Waals surface area contributed by atoms with Crippen LogP contribution in [0, 0.1) is 0 Å². The number of ether oxygens (including phenoxy) is 2. The molecule has 3 N–H and O–H groups in total. The molecule has 0 aliphatic rings. The Kier molecular flexibility index (Phi) is 10.5. The van der Waals surface area contributed by atoms with E-state index >= 15 is 0 Å². The molecule has 3 aromatic heterocycles. The number of rotatable bonds is 12. The SMILES string of the molecule is C\C=C(F)/C=C(\C=C\c1cc2cnc(NC)nc2nc1NCC(C)OC)NSc1cc(Cl)cnc1OC. The van der Waals surface area contributed by atoms with E-state index in [-0.39, 0.29) is 6.10 Å². The summed E-state index contributed by atoms with van der Waals surface area (Å²) in [6.45, 7) is 4.10. The van der Waals surface area contributed by atoms with Crippen LogP contribution < -0.4 is 20.1 Å². The Bertz CT molecular complexity index is 1320. The molecule has 1 atom stereocenters. The van der Waals surface area contributed by atoms with E-state index in [1.807, 2.05) is 19.1 Å². The predicted molar refractivity (Wildman–Crippen MR) is 149 cm³/mol. The molecule has 0 fully saturated rings. The molecule has 3 aromatic rings. The largest absolute Gasteiger partial charge is 0.480 e. The van der Waals surface area contributed by atoms with Crippen LogP contribution in [0.15, 0.2) is 59.2 Å². The molecule has 1 unspecified atom stereocenters. The topological polar surface area (TPSA) is 106 Å². The standard InChI is InChI=1S/C25H29ClFN7O2S/c1-6-19(27)11-20(34-37-21-10-18(26)14-30-24(21)36-5)8-7-16-9-17-13-31-25(28-3)33-23(17)32-22(16)29-12-15(2)35-4/h6-11,13-15,34H,12H2,1-5H3,(H2,28,29,31,32,33)/b8-7+,19-6+,20-11+. The Balaban J connectivity index is 1.95. The lowest BCUT2D eigenvalue weighted by molar-refractivity contribution is 0.128. The van der Waals surface area contributed by atoms with Crippen molar-refractivity contribution in [2.24, 2.45) is 0 Å². The van der Waals surface area contributed by atoms with Crippen molar-refractivity contribution in [2.45, 2.75) is 24.8 Å². The molecule has 9 nitrogen and oxygen atoms in total. The van der Waals surface area contributed by atoms with E-state index in [0.717, 1.165) is 10.9 Å². The van der Waals surface area contributed by atoms with Gasteiger partial charge < -0.3 is 24.8 Å². The number of anilines is 2. The molecule has 12 heteroatoms. The molecular formula is C25H29ClFN7O2S. The van der Waals surface area contributed by atoms with Crippen molar-refractivity contribution in [1.82, 2.24) is 24.7 Å². The zero-order chi connectivity index (χ0) is 26.8. The van der Waals surface area contributed by atoms with Crippen LogP contribution in [0.25, 0.3) is 17.1 Å². The lowest BCUT2D eigenvalue weighted by Gasteiger charge is -2.14. The molecule has 0 aliphatic heterocycles. The minimum Gasteiger partial charge on any atom is -0.480 e. The third-order valence-electron chi connectivity index (χ3n) is 5.05. The maximum atomic E-state index is 14.2. The highest BCUT2D eigenvalue weighted by Gasteiger charge is 2.11. The number of methoxy groups -OCH3 is 2. The van der Waals surface area contributed by atoms with E-state index in [1.165, 1.54) is 37.4 Å². The van der Waals surface area contributed by atoms with Crippen LogP contribution in [0.4, 0.5) is 16.2 Å². The van der Waals surface area contributed by atoms with Crippen molar-refractivity contribution in [3.63, 3.8) is 0 Å². The zero-order valence-corrected chi connectivity index (χ0v) is 22.7. The van der Waals surface area contributed by atoms with Gasteiger partial charge in [-0.2, -0.15) is 4.98 Å². The molecule has 0 bridgehead atoms. The van der Waals surface area contributed by atoms with Crippen molar-refractivity contribution in [1.29, 1.82) is 0 Å². The van der Waals surface area contributed by atoms with Gasteiger partial charge in [0.1, 0.15) is 11.6 Å². The minimum absolute atomic E-state index is 0.0359. The average Bonchev–Trinajstić information content (AvgIpc) is 2.92. The summed E-state index contributed by atoms with van der Waals surface area (Å²) in [4.78, 5) is 18.2. The van der Waals surface area contributed by atoms with Crippen LogP contribution >= 0.6 is 23.5 Å². The second-order valence-corrected chi connectivity index (χ2v) is 8.97. The predicted octanol–water partition coefficient (Wildman–Crippen LogP) is 5.64. The summed E-state index contributed by atoms with van der Waals surface area (Å²) >= 11 is 7.29. The first-order valence-electron chi connectivity index (χ1n) is 11.3. The molecule has 3 rings (SSSR count). The van der Waals surface area contributed by atoms with Gasteiger partial charge in [-0.15, -0.1) is 0 Å². The van der Waals surface area contributed by atoms with Gasteiger partial charge in [0.2, 0.25) is 11.8 Å². The van der Waals surface area contributed by atoms with Gasteiger partial charge in [-0.1, -0.05) is 17.7 Å². The summed E-state index contributed by atoms with van der Waals surface area (Å²) in [6.07, 6.45) is 9.48. The van der Waals surface area contributed by atoms with Crippen LogP contribution in [0.2, 0.25) is 5.02 Å². The van der Waals surface area contributed by atoms with Gasteiger partial charge in [-0.3, -0.25) is 0 Å². The fraction of sp³-hybridized carbons (Fsp3) is 0.280. The van der Waals surface area contributed by atoms with Gasteiger partial charge in [0, 0.05) is 49.7 Å². The van der Waals surface area contributed by atoms with E-state index in [1.54, 1.807) is 39.4 Å². The normalized spacial score (nSPS) is 13.2. The summed E-state index contributed by atoms with van der Waals surface area (Å²) < 4.78 is 28.0. The number of pyridine rings is 2. The summed E-state index contributed by atoms with van der Waals surface area (Å²) in [5.41, 5.74) is 1.78. The van der Waals surface area contributed by atoms with Gasteiger partial charge in [0.25, 0.3) is 0 Å². The third kappa shape index (κ3) is 8.04. The molecule has 0 saturated heterocycles. The molecule has 0 aromatic carbocycles. The van der Waals surface area contributed by atoms with E-state index in [9.17, 15) is 4.39 Å². The molecule has 0 spiro atoms. The number of allylic oxidation sites excluding steroid dienone is 4. The molecule has 0 amide bonds. The molecule has 3 heterocycles. The summed E-state index contributed by atoms with van der Waals surface area (Å²) in [7, 11) is 4.91. The number of fused-ring (bicyclic) bond motifs is 1. The molecular weight excluding hydrogens is 517 g/mol. The Labute approximate surface area is 224 Å². The average molecular weight is 546 g/mol. The van der Waals surface area contributed by atoms with Gasteiger partial charge in [0.05, 0.1) is 23.1 Å². The van der Waals surface area contributed by atoms with Crippen molar-refractivity contribution in [3.8, 4) is 5.88 Å². The Morgan fingerprint density at radius 2 is 2.03 bits per heavy atom. The van der Waals surface area contributed by atoms with E-state index in [0.29, 0.717) is 45.5 Å². The summed E-state index contributed by atoms with van der Waals surface area (Å²) in [5, 5.41) is 7.44. The first-order valence-corrected chi connectivity index (χ1v) is 12.5. The first kappa shape index (κ1) is 28.2. The van der Waals surface area contributed by atoms with E-state index < -0.39 is 5.83 Å². The quantitative estimate of drug-likeness (QED) is 0.195. The van der Waals surface area contributed by atoms with E-state index in [4.69, 9.17) is 26.1 Å². The molecule has 0 aliphatic carbocycles. The van der Waals surface area contributed by atoms with Crippen LogP contribution in [-0.2, 0) is 4.74 Å². The first-order chi connectivity index (χ1) is 17.9. The lowest BCUT2D eigenvalue weighted by Crippen LogP contribution is -2.19. The molecule has 196 valence electrons. The Hall–Kier alpha value is -3.41.